The first kappa shape index (κ1) is 48.8. The number of hydrogen-bond acceptors (Lipinski definition) is 8. The fourth-order valence-corrected chi connectivity index (χ4v) is 7.44. The van der Waals surface area contributed by atoms with Crippen molar-refractivity contribution in [2.75, 3.05) is 13.2 Å². The molecule has 5 rings (SSSR count). The zero-order valence-electron chi connectivity index (χ0n) is 37.5. The Kier molecular flexibility index (Phi) is 18.9. The van der Waals surface area contributed by atoms with Crippen LogP contribution in [0, 0.1) is 5.92 Å². The maximum Gasteiger partial charge on any atom is 0.408 e. The molecule has 0 spiro atoms. The van der Waals surface area contributed by atoms with Gasteiger partial charge in [0.15, 0.2) is 0 Å². The summed E-state index contributed by atoms with van der Waals surface area (Å²) in [6.45, 7) is 8.03. The molecule has 0 saturated carbocycles. The van der Waals surface area contributed by atoms with Gasteiger partial charge in [-0.05, 0) is 72.6 Å². The van der Waals surface area contributed by atoms with Gasteiger partial charge in [-0.15, -0.1) is 0 Å². The van der Waals surface area contributed by atoms with Crippen molar-refractivity contribution in [3.8, 4) is 5.75 Å². The molecule has 0 aromatic heterocycles. The van der Waals surface area contributed by atoms with E-state index in [0.29, 0.717) is 12.4 Å². The minimum Gasteiger partial charge on any atom is -0.494 e. The van der Waals surface area contributed by atoms with E-state index in [9.17, 15) is 24.0 Å². The van der Waals surface area contributed by atoms with Crippen molar-refractivity contribution >= 4 is 29.8 Å². The van der Waals surface area contributed by atoms with E-state index < -0.39 is 47.5 Å². The molecule has 0 aliphatic heterocycles. The number of rotatable bonds is 23. The van der Waals surface area contributed by atoms with E-state index in [0.717, 1.165) is 27.8 Å². The van der Waals surface area contributed by atoms with Gasteiger partial charge < -0.3 is 35.5 Å². The van der Waals surface area contributed by atoms with Crippen molar-refractivity contribution in [3.05, 3.63) is 186 Å². The highest BCUT2D eigenvalue weighted by Gasteiger charge is 2.38. The van der Waals surface area contributed by atoms with Crippen LogP contribution in [0.4, 0.5) is 4.79 Å². The molecule has 4 amide bonds. The molecule has 5 aromatic rings. The molecule has 12 nitrogen and oxygen atoms in total. The zero-order valence-corrected chi connectivity index (χ0v) is 37.5. The van der Waals surface area contributed by atoms with E-state index in [-0.39, 0.29) is 50.7 Å². The van der Waals surface area contributed by atoms with Crippen LogP contribution in [0.3, 0.4) is 0 Å². The standard InChI is InChI=1S/C53H60N4O8/c1-5-63-45-31-27-39(28-32-45)36-47(55-51(61)46(35-38(3)4)56-52(62)65-37-40-19-11-7-12-20-40)50(60)54-44(30-34-49(59)64-6-2)29-33-48(58)57-53(41-21-13-8-14-22-41,42-23-15-9-16-24-42)43-25-17-10-18-26-43/h7-28,30-32,34,38,44,46-47H,5-6,29,33,35-37H2,1-4H3,(H,54,60)(H,55,61)(H,56,62)(H,57,58)/b34-30+/t44-,46-,47-/m0/s1. The van der Waals surface area contributed by atoms with Crippen molar-refractivity contribution in [2.45, 2.75) is 83.6 Å². The van der Waals surface area contributed by atoms with E-state index >= 15 is 0 Å². The molecule has 0 heterocycles. The van der Waals surface area contributed by atoms with Crippen LogP contribution >= 0.6 is 0 Å². The summed E-state index contributed by atoms with van der Waals surface area (Å²) in [5, 5.41) is 11.9. The molecule has 4 N–H and O–H groups in total. The van der Waals surface area contributed by atoms with Crippen LogP contribution < -0.4 is 26.0 Å². The lowest BCUT2D eigenvalue weighted by Crippen LogP contribution is -2.55. The topological polar surface area (TPSA) is 161 Å². The fourth-order valence-electron chi connectivity index (χ4n) is 7.44. The second-order valence-electron chi connectivity index (χ2n) is 15.9. The fraction of sp³-hybridized carbons (Fsp3) is 0.302. The van der Waals surface area contributed by atoms with Crippen molar-refractivity contribution in [2.24, 2.45) is 5.92 Å². The van der Waals surface area contributed by atoms with E-state index in [4.69, 9.17) is 14.2 Å². The van der Waals surface area contributed by atoms with Gasteiger partial charge in [0.05, 0.1) is 13.2 Å². The Morgan fingerprint density at radius 1 is 0.600 bits per heavy atom. The van der Waals surface area contributed by atoms with Gasteiger partial charge >= 0.3 is 12.1 Å². The van der Waals surface area contributed by atoms with Gasteiger partial charge in [0.2, 0.25) is 17.7 Å². The van der Waals surface area contributed by atoms with Gasteiger partial charge in [-0.3, -0.25) is 14.4 Å². The van der Waals surface area contributed by atoms with E-state index in [2.05, 4.69) is 21.3 Å². The molecular formula is C53H60N4O8. The minimum absolute atomic E-state index is 0.00786. The highest BCUT2D eigenvalue weighted by atomic mass is 16.5. The molecule has 0 fully saturated rings. The molecule has 0 saturated heterocycles. The lowest BCUT2D eigenvalue weighted by molar-refractivity contribution is -0.137. The molecule has 65 heavy (non-hydrogen) atoms. The molecule has 340 valence electrons. The summed E-state index contributed by atoms with van der Waals surface area (Å²) in [6.07, 6.45) is 2.28. The second kappa shape index (κ2) is 25.2. The van der Waals surface area contributed by atoms with Crippen LogP contribution in [-0.4, -0.2) is 61.1 Å². The first-order chi connectivity index (χ1) is 31.5. The van der Waals surface area contributed by atoms with Gasteiger partial charge in [-0.2, -0.15) is 0 Å². The Balaban J connectivity index is 1.40. The number of carbonyl (C=O) groups is 5. The number of hydrogen-bond donors (Lipinski definition) is 4. The monoisotopic (exact) mass is 880 g/mol. The third kappa shape index (κ3) is 14.9. The summed E-state index contributed by atoms with van der Waals surface area (Å²) < 4.78 is 16.2. The summed E-state index contributed by atoms with van der Waals surface area (Å²) in [4.78, 5) is 68.5. The highest BCUT2D eigenvalue weighted by molar-refractivity contribution is 5.92. The number of nitrogens with one attached hydrogen (secondary N) is 4. The second-order valence-corrected chi connectivity index (χ2v) is 15.9. The SMILES string of the molecule is CCOC(=O)/C=C/[C@H](CCC(=O)NC(c1ccccc1)(c1ccccc1)c1ccccc1)NC(=O)[C@H](Cc1ccc(OCC)cc1)NC(=O)[C@H](CC(C)C)NC(=O)OCc1ccccc1. The number of benzene rings is 5. The lowest BCUT2D eigenvalue weighted by Gasteiger charge is -2.37. The van der Waals surface area contributed by atoms with Crippen LogP contribution in [0.1, 0.15) is 74.8 Å². The Morgan fingerprint density at radius 3 is 1.66 bits per heavy atom. The predicted octanol–water partition coefficient (Wildman–Crippen LogP) is 7.95. The number of amides is 4. The number of esters is 1. The van der Waals surface area contributed by atoms with Crippen molar-refractivity contribution < 1.29 is 38.2 Å². The number of ether oxygens (including phenoxy) is 3. The van der Waals surface area contributed by atoms with Gasteiger partial charge in [-0.25, -0.2) is 9.59 Å². The average Bonchev–Trinajstić information content (AvgIpc) is 3.32. The Morgan fingerprint density at radius 2 is 1.14 bits per heavy atom. The molecule has 12 heteroatoms. The molecule has 0 radical (unpaired) electrons. The smallest absolute Gasteiger partial charge is 0.408 e. The molecule has 3 atom stereocenters. The first-order valence-electron chi connectivity index (χ1n) is 22.1. The minimum atomic E-state index is -1.15. The Labute approximate surface area is 382 Å². The maximum absolute atomic E-state index is 14.5. The molecule has 0 unspecified atom stereocenters. The largest absolute Gasteiger partial charge is 0.494 e. The molecule has 0 aliphatic carbocycles. The molecule has 0 aliphatic rings. The van der Waals surface area contributed by atoms with Gasteiger partial charge in [-0.1, -0.05) is 153 Å². The van der Waals surface area contributed by atoms with Crippen LogP contribution in [0.5, 0.6) is 5.75 Å². The van der Waals surface area contributed by atoms with Gasteiger partial charge in [0.1, 0.15) is 30.0 Å². The van der Waals surface area contributed by atoms with Gasteiger partial charge in [0.25, 0.3) is 0 Å². The molecular weight excluding hydrogens is 821 g/mol. The van der Waals surface area contributed by atoms with Crippen LogP contribution in [0.15, 0.2) is 158 Å². The van der Waals surface area contributed by atoms with Crippen LogP contribution in [0.2, 0.25) is 0 Å². The molecule has 5 aromatic carbocycles. The number of alkyl carbamates (subject to hydrolysis) is 1. The Hall–Kier alpha value is -7.21. The van der Waals surface area contributed by atoms with Crippen molar-refractivity contribution in [1.29, 1.82) is 0 Å². The normalized spacial score (nSPS) is 12.6. The van der Waals surface area contributed by atoms with E-state index in [1.807, 2.05) is 154 Å². The summed E-state index contributed by atoms with van der Waals surface area (Å²) >= 11 is 0. The summed E-state index contributed by atoms with van der Waals surface area (Å²) in [7, 11) is 0. The number of carbonyl (C=O) groups excluding carboxylic acids is 5. The zero-order chi connectivity index (χ0) is 46.4. The third-order valence-electron chi connectivity index (χ3n) is 10.5. The van der Waals surface area contributed by atoms with E-state index in [1.54, 1.807) is 19.1 Å². The summed E-state index contributed by atoms with van der Waals surface area (Å²) in [5.41, 5.74) is 2.98. The Bertz CT molecular complexity index is 2190. The third-order valence-corrected chi connectivity index (χ3v) is 10.5. The lowest BCUT2D eigenvalue weighted by atomic mass is 9.77. The van der Waals surface area contributed by atoms with Crippen molar-refractivity contribution in [1.82, 2.24) is 21.3 Å². The van der Waals surface area contributed by atoms with E-state index in [1.165, 1.54) is 12.2 Å². The predicted molar refractivity (Wildman–Crippen MR) is 251 cm³/mol. The summed E-state index contributed by atoms with van der Waals surface area (Å²) in [6, 6.07) is 42.5. The summed E-state index contributed by atoms with van der Waals surface area (Å²) in [5.74, 6) is -1.45. The first-order valence-corrected chi connectivity index (χ1v) is 22.1. The maximum atomic E-state index is 14.5. The van der Waals surface area contributed by atoms with Gasteiger partial charge in [0, 0.05) is 25.0 Å². The quantitative estimate of drug-likeness (QED) is 0.0292. The van der Waals surface area contributed by atoms with Crippen LogP contribution in [0.25, 0.3) is 0 Å². The van der Waals surface area contributed by atoms with Crippen molar-refractivity contribution in [3.63, 3.8) is 0 Å². The van der Waals surface area contributed by atoms with Crippen LogP contribution in [-0.2, 0) is 47.2 Å². The average molecular weight is 881 g/mol. The molecule has 0 bridgehead atoms. The highest BCUT2D eigenvalue weighted by Crippen LogP contribution is 2.37.